The standard InChI is InChI=1S/C14H16F3N3/c1-18-13(4-3-9-7-19-20(2)8-9)10-5-11(15)14(17)12(16)6-10/h5-8,13,18H,3-4H2,1-2H3. The van der Waals surface area contributed by atoms with Gasteiger partial charge in [-0.15, -0.1) is 0 Å². The summed E-state index contributed by atoms with van der Waals surface area (Å²) in [6.07, 6.45) is 4.98. The van der Waals surface area contributed by atoms with Crippen LogP contribution in [0.2, 0.25) is 0 Å². The van der Waals surface area contributed by atoms with E-state index in [-0.39, 0.29) is 6.04 Å². The lowest BCUT2D eigenvalue weighted by atomic mass is 10.00. The summed E-state index contributed by atoms with van der Waals surface area (Å²) in [5.41, 5.74) is 1.43. The summed E-state index contributed by atoms with van der Waals surface area (Å²) >= 11 is 0. The molecule has 3 nitrogen and oxygen atoms in total. The second kappa shape index (κ2) is 6.09. The van der Waals surface area contributed by atoms with Crippen molar-refractivity contribution >= 4 is 0 Å². The van der Waals surface area contributed by atoms with E-state index in [2.05, 4.69) is 10.4 Å². The molecule has 2 rings (SSSR count). The highest BCUT2D eigenvalue weighted by atomic mass is 19.2. The molecule has 6 heteroatoms. The van der Waals surface area contributed by atoms with Crippen LogP contribution >= 0.6 is 0 Å². The molecular weight excluding hydrogens is 267 g/mol. The van der Waals surface area contributed by atoms with E-state index < -0.39 is 17.5 Å². The van der Waals surface area contributed by atoms with E-state index in [1.54, 1.807) is 17.9 Å². The van der Waals surface area contributed by atoms with Crippen LogP contribution in [0.4, 0.5) is 13.2 Å². The summed E-state index contributed by atoms with van der Waals surface area (Å²) in [5.74, 6) is -3.76. The Morgan fingerprint density at radius 2 is 1.90 bits per heavy atom. The van der Waals surface area contributed by atoms with Crippen molar-refractivity contribution in [1.29, 1.82) is 0 Å². The van der Waals surface area contributed by atoms with Crippen LogP contribution in [0.5, 0.6) is 0 Å². The molecule has 0 saturated heterocycles. The zero-order chi connectivity index (χ0) is 14.7. The summed E-state index contributed by atoms with van der Waals surface area (Å²) in [6, 6.07) is 1.81. The number of aromatic nitrogens is 2. The molecule has 0 radical (unpaired) electrons. The first kappa shape index (κ1) is 14.6. The first-order valence-electron chi connectivity index (χ1n) is 6.30. The second-order valence-electron chi connectivity index (χ2n) is 4.70. The van der Waals surface area contributed by atoms with Gasteiger partial charge in [0.25, 0.3) is 0 Å². The maximum Gasteiger partial charge on any atom is 0.194 e. The molecule has 0 amide bonds. The van der Waals surface area contributed by atoms with Crippen LogP contribution in [0.15, 0.2) is 24.5 Å². The fourth-order valence-corrected chi connectivity index (χ4v) is 2.17. The van der Waals surface area contributed by atoms with Gasteiger partial charge in [0.1, 0.15) is 0 Å². The number of aryl methyl sites for hydroxylation is 2. The topological polar surface area (TPSA) is 29.9 Å². The first-order valence-corrected chi connectivity index (χ1v) is 6.30. The Bertz CT molecular complexity index is 572. The summed E-state index contributed by atoms with van der Waals surface area (Å²) < 4.78 is 41.1. The highest BCUT2D eigenvalue weighted by molar-refractivity contribution is 5.23. The Labute approximate surface area is 115 Å². The van der Waals surface area contributed by atoms with Crippen LogP contribution in [-0.2, 0) is 13.5 Å². The Kier molecular flexibility index (Phi) is 4.44. The number of nitrogens with zero attached hydrogens (tertiary/aromatic N) is 2. The van der Waals surface area contributed by atoms with Gasteiger partial charge in [-0.05, 0) is 43.1 Å². The normalized spacial score (nSPS) is 12.7. The molecule has 108 valence electrons. The fraction of sp³-hybridized carbons (Fsp3) is 0.357. The van der Waals surface area contributed by atoms with Gasteiger partial charge in [0.05, 0.1) is 6.20 Å². The molecule has 1 aromatic heterocycles. The molecule has 1 aromatic carbocycles. The largest absolute Gasteiger partial charge is 0.313 e. The third-order valence-electron chi connectivity index (χ3n) is 3.24. The minimum absolute atomic E-state index is 0.250. The molecule has 0 bridgehead atoms. The Morgan fingerprint density at radius 3 is 2.40 bits per heavy atom. The van der Waals surface area contributed by atoms with Crippen molar-refractivity contribution in [1.82, 2.24) is 15.1 Å². The summed E-state index contributed by atoms with van der Waals surface area (Å²) in [7, 11) is 3.52. The van der Waals surface area contributed by atoms with Crippen molar-refractivity contribution in [3.05, 3.63) is 53.1 Å². The highest BCUT2D eigenvalue weighted by Gasteiger charge is 2.16. The Hall–Kier alpha value is -1.82. The van der Waals surface area contributed by atoms with E-state index in [0.29, 0.717) is 18.4 Å². The number of hydrogen-bond acceptors (Lipinski definition) is 2. The van der Waals surface area contributed by atoms with Gasteiger partial charge in [-0.25, -0.2) is 13.2 Å². The third kappa shape index (κ3) is 3.19. The van der Waals surface area contributed by atoms with Crippen molar-refractivity contribution in [3.8, 4) is 0 Å². The van der Waals surface area contributed by atoms with Crippen LogP contribution in [-0.4, -0.2) is 16.8 Å². The Morgan fingerprint density at radius 1 is 1.25 bits per heavy atom. The van der Waals surface area contributed by atoms with Crippen LogP contribution in [0.1, 0.15) is 23.6 Å². The van der Waals surface area contributed by atoms with Gasteiger partial charge < -0.3 is 5.32 Å². The van der Waals surface area contributed by atoms with Crippen LogP contribution in [0.25, 0.3) is 0 Å². The number of halogens is 3. The van der Waals surface area contributed by atoms with E-state index in [9.17, 15) is 13.2 Å². The van der Waals surface area contributed by atoms with E-state index in [4.69, 9.17) is 0 Å². The molecular formula is C14H16F3N3. The lowest BCUT2D eigenvalue weighted by Crippen LogP contribution is -2.18. The summed E-state index contributed by atoms with van der Waals surface area (Å²) in [5, 5.41) is 7.05. The number of rotatable bonds is 5. The number of hydrogen-bond donors (Lipinski definition) is 1. The van der Waals surface area contributed by atoms with Crippen LogP contribution < -0.4 is 5.32 Å². The van der Waals surface area contributed by atoms with E-state index >= 15 is 0 Å². The maximum absolute atomic E-state index is 13.2. The van der Waals surface area contributed by atoms with E-state index in [0.717, 1.165) is 17.7 Å². The molecule has 0 aliphatic rings. The van der Waals surface area contributed by atoms with Crippen molar-refractivity contribution in [3.63, 3.8) is 0 Å². The molecule has 1 atom stereocenters. The number of benzene rings is 1. The fourth-order valence-electron chi connectivity index (χ4n) is 2.17. The third-order valence-corrected chi connectivity index (χ3v) is 3.24. The monoisotopic (exact) mass is 283 g/mol. The minimum atomic E-state index is -1.43. The van der Waals surface area contributed by atoms with Crippen molar-refractivity contribution < 1.29 is 13.2 Å². The van der Waals surface area contributed by atoms with Crippen molar-refractivity contribution in [2.75, 3.05) is 7.05 Å². The summed E-state index contributed by atoms with van der Waals surface area (Å²) in [4.78, 5) is 0. The molecule has 0 spiro atoms. The Balaban J connectivity index is 2.12. The molecule has 0 aliphatic carbocycles. The van der Waals surface area contributed by atoms with Gasteiger partial charge in [0, 0.05) is 19.3 Å². The van der Waals surface area contributed by atoms with Gasteiger partial charge in [-0.2, -0.15) is 5.10 Å². The zero-order valence-electron chi connectivity index (χ0n) is 11.3. The predicted molar refractivity (Wildman–Crippen MR) is 69.6 cm³/mol. The van der Waals surface area contributed by atoms with Gasteiger partial charge in [-0.1, -0.05) is 0 Å². The molecule has 0 fully saturated rings. The first-order chi connectivity index (χ1) is 9.51. The average Bonchev–Trinajstić information content (AvgIpc) is 2.82. The van der Waals surface area contributed by atoms with Gasteiger partial charge >= 0.3 is 0 Å². The lowest BCUT2D eigenvalue weighted by Gasteiger charge is -2.16. The molecule has 20 heavy (non-hydrogen) atoms. The van der Waals surface area contributed by atoms with Gasteiger partial charge in [-0.3, -0.25) is 4.68 Å². The zero-order valence-corrected chi connectivity index (χ0v) is 11.3. The van der Waals surface area contributed by atoms with E-state index in [1.807, 2.05) is 13.2 Å². The molecule has 2 aromatic rings. The van der Waals surface area contributed by atoms with Crippen LogP contribution in [0.3, 0.4) is 0 Å². The molecule has 0 aliphatic heterocycles. The number of nitrogens with one attached hydrogen (secondary N) is 1. The summed E-state index contributed by atoms with van der Waals surface area (Å²) in [6.45, 7) is 0. The van der Waals surface area contributed by atoms with Crippen molar-refractivity contribution in [2.45, 2.75) is 18.9 Å². The maximum atomic E-state index is 13.2. The van der Waals surface area contributed by atoms with Crippen molar-refractivity contribution in [2.24, 2.45) is 7.05 Å². The van der Waals surface area contributed by atoms with Gasteiger partial charge in [0.2, 0.25) is 0 Å². The highest BCUT2D eigenvalue weighted by Crippen LogP contribution is 2.22. The molecule has 1 heterocycles. The quantitative estimate of drug-likeness (QED) is 0.855. The van der Waals surface area contributed by atoms with Gasteiger partial charge in [0.15, 0.2) is 17.5 Å². The molecule has 1 N–H and O–H groups in total. The van der Waals surface area contributed by atoms with Crippen LogP contribution in [0, 0.1) is 17.5 Å². The smallest absolute Gasteiger partial charge is 0.194 e. The molecule has 1 unspecified atom stereocenters. The lowest BCUT2D eigenvalue weighted by molar-refractivity contribution is 0.439. The SMILES string of the molecule is CNC(CCc1cnn(C)c1)c1cc(F)c(F)c(F)c1. The molecule has 0 saturated carbocycles. The van der Waals surface area contributed by atoms with E-state index in [1.165, 1.54) is 0 Å². The average molecular weight is 283 g/mol. The predicted octanol–water partition coefficient (Wildman–Crippen LogP) is 2.73. The second-order valence-corrected chi connectivity index (χ2v) is 4.70. The minimum Gasteiger partial charge on any atom is -0.313 e.